The molecule has 0 radical (unpaired) electrons. The number of carbonyl (C=O) groups excluding carboxylic acids is 1. The van der Waals surface area contributed by atoms with Crippen molar-refractivity contribution in [1.29, 1.82) is 0 Å². The van der Waals surface area contributed by atoms with E-state index in [1.807, 2.05) is 19.1 Å². The number of anilines is 2. The lowest BCUT2D eigenvalue weighted by molar-refractivity contribution is 0.102. The van der Waals surface area contributed by atoms with E-state index in [1.165, 1.54) is 0 Å². The van der Waals surface area contributed by atoms with Gasteiger partial charge >= 0.3 is 0 Å². The normalized spacial score (nSPS) is 10.8. The molecule has 0 aliphatic heterocycles. The molecule has 2 aromatic heterocycles. The van der Waals surface area contributed by atoms with E-state index in [4.69, 9.17) is 10.2 Å². The van der Waals surface area contributed by atoms with Crippen LogP contribution in [0, 0.1) is 6.92 Å². The van der Waals surface area contributed by atoms with Crippen LogP contribution in [0.3, 0.4) is 0 Å². The van der Waals surface area contributed by atoms with E-state index in [1.54, 1.807) is 24.5 Å². The quantitative estimate of drug-likeness (QED) is 0.615. The molecular formula is C14H13N3O2. The average molecular weight is 255 g/mol. The number of fused-ring (bicyclic) bond motifs is 1. The molecule has 96 valence electrons. The van der Waals surface area contributed by atoms with E-state index in [9.17, 15) is 4.79 Å². The van der Waals surface area contributed by atoms with Crippen LogP contribution in [0.4, 0.5) is 11.4 Å². The SMILES string of the molecule is Cc1ccc(N)c(NC(=O)c2cc3occc3[nH]2)c1. The van der Waals surface area contributed by atoms with E-state index < -0.39 is 0 Å². The molecule has 5 heteroatoms. The zero-order valence-electron chi connectivity index (χ0n) is 10.4. The van der Waals surface area contributed by atoms with Crippen molar-refractivity contribution in [3.63, 3.8) is 0 Å². The van der Waals surface area contributed by atoms with E-state index in [0.717, 1.165) is 11.1 Å². The topological polar surface area (TPSA) is 84.0 Å². The predicted molar refractivity (Wildman–Crippen MR) is 74.1 cm³/mol. The third-order valence-corrected chi connectivity index (χ3v) is 2.94. The highest BCUT2D eigenvalue weighted by Gasteiger charge is 2.12. The zero-order chi connectivity index (χ0) is 13.4. The molecule has 3 rings (SSSR count). The molecule has 3 aromatic rings. The van der Waals surface area contributed by atoms with Crippen molar-refractivity contribution in [3.05, 3.63) is 47.9 Å². The first-order valence-electron chi connectivity index (χ1n) is 5.87. The summed E-state index contributed by atoms with van der Waals surface area (Å²) in [6.45, 7) is 1.94. The minimum absolute atomic E-state index is 0.247. The molecule has 4 N–H and O–H groups in total. The van der Waals surface area contributed by atoms with Gasteiger partial charge in [-0.1, -0.05) is 6.07 Å². The maximum absolute atomic E-state index is 12.1. The maximum Gasteiger partial charge on any atom is 0.272 e. The Hall–Kier alpha value is -2.69. The number of nitrogens with one attached hydrogen (secondary N) is 2. The lowest BCUT2D eigenvalue weighted by atomic mass is 10.2. The van der Waals surface area contributed by atoms with Gasteiger partial charge in [-0.15, -0.1) is 0 Å². The molecule has 0 spiro atoms. The van der Waals surface area contributed by atoms with Gasteiger partial charge in [0.15, 0.2) is 5.58 Å². The largest absolute Gasteiger partial charge is 0.463 e. The van der Waals surface area contributed by atoms with Crippen molar-refractivity contribution >= 4 is 28.4 Å². The van der Waals surface area contributed by atoms with Crippen molar-refractivity contribution in [3.8, 4) is 0 Å². The lowest BCUT2D eigenvalue weighted by Crippen LogP contribution is -2.13. The molecule has 0 aliphatic rings. The fourth-order valence-electron chi connectivity index (χ4n) is 1.94. The standard InChI is InChI=1S/C14H13N3O2/c1-8-2-3-9(15)11(6-8)17-14(18)12-7-13-10(16-12)4-5-19-13/h2-7,16H,15H2,1H3,(H,17,18). The number of nitrogen functional groups attached to an aromatic ring is 1. The van der Waals surface area contributed by atoms with Crippen LogP contribution < -0.4 is 11.1 Å². The second-order valence-electron chi connectivity index (χ2n) is 4.43. The summed E-state index contributed by atoms with van der Waals surface area (Å²) in [6, 6.07) is 8.93. The smallest absolute Gasteiger partial charge is 0.272 e. The number of carbonyl (C=O) groups is 1. The Balaban J connectivity index is 1.88. The second-order valence-corrected chi connectivity index (χ2v) is 4.43. The van der Waals surface area contributed by atoms with Gasteiger partial charge in [-0.05, 0) is 24.6 Å². The highest BCUT2D eigenvalue weighted by atomic mass is 16.3. The van der Waals surface area contributed by atoms with Gasteiger partial charge in [0.1, 0.15) is 5.69 Å². The van der Waals surface area contributed by atoms with Crippen molar-refractivity contribution in [1.82, 2.24) is 4.98 Å². The minimum Gasteiger partial charge on any atom is -0.463 e. The summed E-state index contributed by atoms with van der Waals surface area (Å²) >= 11 is 0. The summed E-state index contributed by atoms with van der Waals surface area (Å²) in [7, 11) is 0. The highest BCUT2D eigenvalue weighted by Crippen LogP contribution is 2.21. The van der Waals surface area contributed by atoms with Crippen molar-refractivity contribution in [2.24, 2.45) is 0 Å². The molecule has 5 nitrogen and oxygen atoms in total. The lowest BCUT2D eigenvalue weighted by Gasteiger charge is -2.08. The van der Waals surface area contributed by atoms with Gasteiger partial charge in [-0.2, -0.15) is 0 Å². The Morgan fingerprint density at radius 1 is 1.32 bits per heavy atom. The summed E-state index contributed by atoms with van der Waals surface area (Å²) < 4.78 is 5.21. The van der Waals surface area contributed by atoms with Crippen LogP contribution in [-0.2, 0) is 0 Å². The van der Waals surface area contributed by atoms with E-state index in [0.29, 0.717) is 22.7 Å². The Labute approximate surface area is 109 Å². The summed E-state index contributed by atoms with van der Waals surface area (Å²) in [5.74, 6) is -0.247. The van der Waals surface area contributed by atoms with Gasteiger partial charge in [-0.3, -0.25) is 4.79 Å². The molecule has 0 unspecified atom stereocenters. The third kappa shape index (κ3) is 2.06. The van der Waals surface area contributed by atoms with Crippen LogP contribution in [0.5, 0.6) is 0 Å². The fraction of sp³-hybridized carbons (Fsp3) is 0.0714. The highest BCUT2D eigenvalue weighted by molar-refractivity contribution is 6.06. The fourth-order valence-corrected chi connectivity index (χ4v) is 1.94. The number of aromatic nitrogens is 1. The number of aryl methyl sites for hydroxylation is 1. The number of hydrogen-bond acceptors (Lipinski definition) is 3. The number of hydrogen-bond donors (Lipinski definition) is 3. The van der Waals surface area contributed by atoms with Gasteiger partial charge in [0, 0.05) is 12.1 Å². The van der Waals surface area contributed by atoms with Crippen molar-refractivity contribution in [2.75, 3.05) is 11.1 Å². The number of nitrogens with two attached hydrogens (primary N) is 1. The molecule has 2 heterocycles. The van der Waals surface area contributed by atoms with Crippen LogP contribution in [0.1, 0.15) is 16.1 Å². The van der Waals surface area contributed by atoms with Crippen LogP contribution in [-0.4, -0.2) is 10.9 Å². The molecule has 0 bridgehead atoms. The number of benzene rings is 1. The Bertz CT molecular complexity index is 726. The average Bonchev–Trinajstić information content (AvgIpc) is 2.94. The van der Waals surface area contributed by atoms with E-state index in [2.05, 4.69) is 10.3 Å². The monoisotopic (exact) mass is 255 g/mol. The summed E-state index contributed by atoms with van der Waals surface area (Å²) in [4.78, 5) is 15.1. The van der Waals surface area contributed by atoms with Gasteiger partial charge in [0.25, 0.3) is 5.91 Å². The molecule has 0 saturated heterocycles. The molecule has 19 heavy (non-hydrogen) atoms. The van der Waals surface area contributed by atoms with Crippen molar-refractivity contribution in [2.45, 2.75) is 6.92 Å². The molecule has 1 amide bonds. The molecule has 0 fully saturated rings. The number of furan rings is 1. The summed E-state index contributed by atoms with van der Waals surface area (Å²) in [5.41, 5.74) is 9.89. The summed E-state index contributed by atoms with van der Waals surface area (Å²) in [5, 5.41) is 2.78. The van der Waals surface area contributed by atoms with Gasteiger partial charge in [-0.25, -0.2) is 0 Å². The zero-order valence-corrected chi connectivity index (χ0v) is 10.4. The molecule has 0 saturated carbocycles. The van der Waals surface area contributed by atoms with E-state index in [-0.39, 0.29) is 5.91 Å². The van der Waals surface area contributed by atoms with E-state index >= 15 is 0 Å². The molecule has 0 atom stereocenters. The summed E-state index contributed by atoms with van der Waals surface area (Å²) in [6.07, 6.45) is 1.57. The number of amides is 1. The molecule has 1 aromatic carbocycles. The first kappa shape index (κ1) is 11.4. The Morgan fingerprint density at radius 3 is 2.95 bits per heavy atom. The van der Waals surface area contributed by atoms with Crippen LogP contribution in [0.2, 0.25) is 0 Å². The van der Waals surface area contributed by atoms with Gasteiger partial charge < -0.3 is 20.5 Å². The molecular weight excluding hydrogens is 242 g/mol. The Morgan fingerprint density at radius 2 is 2.16 bits per heavy atom. The minimum atomic E-state index is -0.247. The maximum atomic E-state index is 12.1. The van der Waals surface area contributed by atoms with Gasteiger partial charge in [0.05, 0.1) is 23.2 Å². The van der Waals surface area contributed by atoms with Crippen LogP contribution in [0.15, 0.2) is 41.0 Å². The van der Waals surface area contributed by atoms with Crippen molar-refractivity contribution < 1.29 is 9.21 Å². The number of rotatable bonds is 2. The second kappa shape index (κ2) is 4.20. The van der Waals surface area contributed by atoms with Gasteiger partial charge in [0.2, 0.25) is 0 Å². The third-order valence-electron chi connectivity index (χ3n) is 2.94. The molecule has 0 aliphatic carbocycles. The first-order chi connectivity index (χ1) is 9.13. The Kier molecular flexibility index (Phi) is 2.52. The number of H-pyrrole nitrogens is 1. The first-order valence-corrected chi connectivity index (χ1v) is 5.87. The van der Waals surface area contributed by atoms with Crippen LogP contribution in [0.25, 0.3) is 11.1 Å². The predicted octanol–water partition coefficient (Wildman–Crippen LogP) is 2.90. The number of aromatic amines is 1. The van der Waals surface area contributed by atoms with Crippen LogP contribution >= 0.6 is 0 Å².